The Balaban J connectivity index is 2.52. The zero-order chi connectivity index (χ0) is 14.8. The first-order valence-electron chi connectivity index (χ1n) is 6.40. The zero-order valence-electron chi connectivity index (χ0n) is 11.4. The summed E-state index contributed by atoms with van der Waals surface area (Å²) in [5, 5.41) is 9.05. The summed E-state index contributed by atoms with van der Waals surface area (Å²) in [6, 6.07) is 7.25. The normalized spacial score (nSPS) is 20.9. The molecule has 1 fully saturated rings. The number of hydrogen-bond acceptors (Lipinski definition) is 4. The minimum absolute atomic E-state index is 0.459. The average molecular weight is 313 g/mol. The van der Waals surface area contributed by atoms with E-state index >= 15 is 0 Å². The third-order valence-corrected chi connectivity index (χ3v) is 7.72. The molecule has 1 saturated heterocycles. The van der Waals surface area contributed by atoms with Crippen molar-refractivity contribution in [3.63, 3.8) is 0 Å². The number of hydroxylamine groups is 1. The molecular formula is C14H19NO3S2. The highest BCUT2D eigenvalue weighted by molar-refractivity contribution is 8.03. The van der Waals surface area contributed by atoms with E-state index in [1.165, 1.54) is 0 Å². The number of hydrogen-bond donors (Lipinski definition) is 2. The van der Waals surface area contributed by atoms with Crippen LogP contribution >= 0.6 is 11.8 Å². The number of amides is 1. The molecular weight excluding hydrogens is 294 g/mol. The van der Waals surface area contributed by atoms with E-state index in [2.05, 4.69) is 5.87 Å². The molecule has 0 aliphatic carbocycles. The third-order valence-electron chi connectivity index (χ3n) is 3.85. The van der Waals surface area contributed by atoms with Gasteiger partial charge in [-0.25, -0.2) is 5.48 Å². The van der Waals surface area contributed by atoms with Gasteiger partial charge in [0.2, 0.25) is 0 Å². The van der Waals surface area contributed by atoms with Gasteiger partial charge in [0.1, 0.15) is 4.75 Å². The summed E-state index contributed by atoms with van der Waals surface area (Å²) < 4.78 is 12.2. The molecule has 0 saturated carbocycles. The van der Waals surface area contributed by atoms with Crippen molar-refractivity contribution >= 4 is 33.1 Å². The van der Waals surface area contributed by atoms with E-state index in [1.807, 2.05) is 19.1 Å². The Kier molecular flexibility index (Phi) is 4.46. The average Bonchev–Trinajstić information content (AvgIpc) is 2.47. The lowest BCUT2D eigenvalue weighted by molar-refractivity contribution is -0.132. The molecule has 4 nitrogen and oxygen atoms in total. The van der Waals surface area contributed by atoms with E-state index in [9.17, 15) is 9.00 Å². The fourth-order valence-electron chi connectivity index (χ4n) is 2.49. The van der Waals surface area contributed by atoms with Crippen LogP contribution < -0.4 is 5.48 Å². The second-order valence-corrected chi connectivity index (χ2v) is 8.86. The summed E-state index contributed by atoms with van der Waals surface area (Å²) in [5.41, 5.74) is 2.75. The summed E-state index contributed by atoms with van der Waals surface area (Å²) in [6.45, 7) is 1.95. The van der Waals surface area contributed by atoms with Crippen LogP contribution in [0.2, 0.25) is 0 Å². The van der Waals surface area contributed by atoms with Crippen molar-refractivity contribution in [2.45, 2.75) is 29.4 Å². The topological polar surface area (TPSA) is 66.4 Å². The SMILES string of the molecule is C=S(=O)(c1ccc(C)cc1)C1(C(=O)NO)CCSCC1. The highest BCUT2D eigenvalue weighted by Crippen LogP contribution is 2.38. The number of carbonyl (C=O) groups is 1. The van der Waals surface area contributed by atoms with Crippen LogP contribution in [-0.4, -0.2) is 37.4 Å². The van der Waals surface area contributed by atoms with Gasteiger partial charge in [0, 0.05) is 14.4 Å². The second kappa shape index (κ2) is 5.79. The quantitative estimate of drug-likeness (QED) is 0.508. The molecule has 1 aromatic rings. The van der Waals surface area contributed by atoms with Crippen molar-refractivity contribution in [3.8, 4) is 0 Å². The zero-order valence-corrected chi connectivity index (χ0v) is 13.1. The molecule has 0 spiro atoms. The van der Waals surface area contributed by atoms with Gasteiger partial charge in [0.05, 0.1) is 0 Å². The molecule has 1 atom stereocenters. The van der Waals surface area contributed by atoms with Gasteiger partial charge in [-0.15, -0.1) is 0 Å². The van der Waals surface area contributed by atoms with Gasteiger partial charge >= 0.3 is 0 Å². The van der Waals surface area contributed by atoms with Crippen molar-refractivity contribution in [2.24, 2.45) is 0 Å². The van der Waals surface area contributed by atoms with E-state index < -0.39 is 20.2 Å². The van der Waals surface area contributed by atoms with E-state index in [0.29, 0.717) is 17.7 Å². The smallest absolute Gasteiger partial charge is 0.262 e. The molecule has 2 N–H and O–H groups in total. The maximum Gasteiger partial charge on any atom is 0.262 e. The van der Waals surface area contributed by atoms with E-state index in [1.54, 1.807) is 29.4 Å². The van der Waals surface area contributed by atoms with Crippen molar-refractivity contribution in [1.82, 2.24) is 5.48 Å². The molecule has 6 heteroatoms. The van der Waals surface area contributed by atoms with Crippen molar-refractivity contribution < 1.29 is 14.2 Å². The lowest BCUT2D eigenvalue weighted by Crippen LogP contribution is -2.53. The largest absolute Gasteiger partial charge is 0.289 e. The van der Waals surface area contributed by atoms with Gasteiger partial charge < -0.3 is 0 Å². The van der Waals surface area contributed by atoms with Crippen molar-refractivity contribution in [3.05, 3.63) is 29.8 Å². The number of aryl methyl sites for hydroxylation is 1. The molecule has 1 amide bonds. The van der Waals surface area contributed by atoms with Crippen LogP contribution in [0.4, 0.5) is 0 Å². The standard InChI is InChI=1S/C14H19NO3S2/c1-11-3-5-12(6-4-11)20(2,18)14(13(16)15-17)7-9-19-10-8-14/h3-6,17H,2,7-10H2,1H3,(H,15,16). The minimum atomic E-state index is -2.84. The molecule has 0 bridgehead atoms. The van der Waals surface area contributed by atoms with Crippen LogP contribution in [0, 0.1) is 6.92 Å². The Hall–Kier alpha value is -0.980. The van der Waals surface area contributed by atoms with Crippen LogP contribution in [0.5, 0.6) is 0 Å². The predicted molar refractivity (Wildman–Crippen MR) is 83.9 cm³/mol. The van der Waals surface area contributed by atoms with E-state index in [-0.39, 0.29) is 0 Å². The Morgan fingerprint density at radius 3 is 2.40 bits per heavy atom. The Bertz CT molecular complexity index is 587. The number of benzene rings is 1. The lowest BCUT2D eigenvalue weighted by Gasteiger charge is -2.37. The molecule has 0 aromatic heterocycles. The van der Waals surface area contributed by atoms with Gasteiger partial charge in [-0.1, -0.05) is 17.7 Å². The molecule has 1 unspecified atom stereocenters. The predicted octanol–water partition coefficient (Wildman–Crippen LogP) is 1.84. The van der Waals surface area contributed by atoms with Crippen LogP contribution in [0.1, 0.15) is 18.4 Å². The molecule has 2 rings (SSSR count). The van der Waals surface area contributed by atoms with Gasteiger partial charge in [-0.05, 0) is 49.3 Å². The van der Waals surface area contributed by atoms with Gasteiger partial charge in [0.25, 0.3) is 5.91 Å². The number of carbonyl (C=O) groups excluding carboxylic acids is 1. The van der Waals surface area contributed by atoms with Gasteiger partial charge in [-0.3, -0.25) is 14.2 Å². The fourth-order valence-corrected chi connectivity index (χ4v) is 6.18. The second-order valence-electron chi connectivity index (χ2n) is 5.04. The van der Waals surface area contributed by atoms with Gasteiger partial charge in [-0.2, -0.15) is 11.8 Å². The molecule has 1 aliphatic rings. The summed E-state index contributed by atoms with van der Waals surface area (Å²) >= 11 is 1.72. The fraction of sp³-hybridized carbons (Fsp3) is 0.429. The summed E-state index contributed by atoms with van der Waals surface area (Å²) in [5.74, 6) is 4.78. The van der Waals surface area contributed by atoms with Crippen LogP contribution in [-0.2, 0) is 14.3 Å². The first kappa shape index (κ1) is 15.4. The Morgan fingerprint density at radius 2 is 1.90 bits per heavy atom. The molecule has 20 heavy (non-hydrogen) atoms. The third kappa shape index (κ3) is 2.47. The summed E-state index contributed by atoms with van der Waals surface area (Å²) in [4.78, 5) is 12.8. The minimum Gasteiger partial charge on any atom is -0.289 e. The number of thioether (sulfide) groups is 1. The monoisotopic (exact) mass is 313 g/mol. The molecule has 1 aliphatic heterocycles. The Morgan fingerprint density at radius 1 is 1.35 bits per heavy atom. The van der Waals surface area contributed by atoms with Gasteiger partial charge in [0.15, 0.2) is 0 Å². The number of nitrogens with one attached hydrogen (secondary N) is 1. The molecule has 1 aromatic carbocycles. The molecule has 110 valence electrons. The van der Waals surface area contributed by atoms with E-state index in [0.717, 1.165) is 17.1 Å². The van der Waals surface area contributed by atoms with Crippen LogP contribution in [0.15, 0.2) is 29.2 Å². The lowest BCUT2D eigenvalue weighted by atomic mass is 10.0. The Labute approximate surface area is 123 Å². The van der Waals surface area contributed by atoms with Crippen molar-refractivity contribution in [2.75, 3.05) is 11.5 Å². The van der Waals surface area contributed by atoms with E-state index in [4.69, 9.17) is 5.21 Å². The number of rotatable bonds is 3. The van der Waals surface area contributed by atoms with Crippen LogP contribution in [0.3, 0.4) is 0 Å². The highest BCUT2D eigenvalue weighted by atomic mass is 32.2. The maximum atomic E-state index is 13.3. The maximum absolute atomic E-state index is 13.3. The highest BCUT2D eigenvalue weighted by Gasteiger charge is 2.47. The molecule has 0 radical (unpaired) electrons. The summed E-state index contributed by atoms with van der Waals surface area (Å²) in [7, 11) is -2.84. The first-order valence-corrected chi connectivity index (χ1v) is 9.28. The van der Waals surface area contributed by atoms with Crippen molar-refractivity contribution in [1.29, 1.82) is 0 Å². The van der Waals surface area contributed by atoms with Crippen LogP contribution in [0.25, 0.3) is 0 Å². The first-order chi connectivity index (χ1) is 9.44. The molecule has 1 heterocycles. The summed E-state index contributed by atoms with van der Waals surface area (Å²) in [6.07, 6.45) is 0.917.